The molecule has 1 saturated heterocycles. The monoisotopic (exact) mass is 424 g/mol. The molecule has 1 unspecified atom stereocenters. The standard InChI is InChI=1S/C18H20F2N6.CF2O/c19-18(20)11-26(8-6-13-4-2-1-3-5-13)9-7-15(18)24-16-14-10-23-25-17(14)22-12-21-16;2-1(3)4/h1-5,10,12,15H,6-9,11H2,(H2,21,22,23,24,25);. The van der Waals surface area contributed by atoms with Gasteiger partial charge in [-0.1, -0.05) is 30.3 Å². The maximum absolute atomic E-state index is 14.7. The summed E-state index contributed by atoms with van der Waals surface area (Å²) in [6, 6.07) is 8.99. The van der Waals surface area contributed by atoms with Gasteiger partial charge in [0.25, 0.3) is 5.92 Å². The summed E-state index contributed by atoms with van der Waals surface area (Å²) >= 11 is 0. The van der Waals surface area contributed by atoms with Crippen LogP contribution in [0.25, 0.3) is 11.0 Å². The second-order valence-corrected chi connectivity index (χ2v) is 6.84. The van der Waals surface area contributed by atoms with E-state index in [-0.39, 0.29) is 6.54 Å². The molecule has 1 fully saturated rings. The lowest BCUT2D eigenvalue weighted by Crippen LogP contribution is -2.54. The summed E-state index contributed by atoms with van der Waals surface area (Å²) < 4.78 is 48.8. The summed E-state index contributed by atoms with van der Waals surface area (Å²) in [6.45, 7) is 1.00. The molecule has 0 radical (unpaired) electrons. The van der Waals surface area contributed by atoms with Gasteiger partial charge in [-0.15, -0.1) is 8.78 Å². The number of carbonyl (C=O) groups excluding carboxylic acids is 1. The number of fused-ring (bicyclic) bond motifs is 1. The predicted molar refractivity (Wildman–Crippen MR) is 103 cm³/mol. The molecule has 4 rings (SSSR count). The molecule has 3 aromatic rings. The zero-order valence-corrected chi connectivity index (χ0v) is 15.9. The molecular formula is C19H20F4N6O. The molecule has 1 aliphatic heterocycles. The molecule has 0 saturated carbocycles. The van der Waals surface area contributed by atoms with Crippen LogP contribution >= 0.6 is 0 Å². The van der Waals surface area contributed by atoms with E-state index in [0.717, 1.165) is 6.42 Å². The Labute approximate surface area is 169 Å². The topological polar surface area (TPSA) is 86.8 Å². The Morgan fingerprint density at radius 1 is 1.23 bits per heavy atom. The number of hydrogen-bond donors (Lipinski definition) is 2. The minimum absolute atomic E-state index is 0.253. The van der Waals surface area contributed by atoms with Crippen LogP contribution < -0.4 is 5.32 Å². The molecule has 0 aliphatic carbocycles. The van der Waals surface area contributed by atoms with Gasteiger partial charge in [-0.3, -0.25) is 10.00 Å². The van der Waals surface area contributed by atoms with E-state index >= 15 is 0 Å². The van der Waals surface area contributed by atoms with Crippen molar-refractivity contribution >= 4 is 23.1 Å². The normalized spacial score (nSPS) is 18.5. The van der Waals surface area contributed by atoms with Crippen LogP contribution in [-0.2, 0) is 6.42 Å². The number of carbonyl (C=O) groups is 1. The molecule has 2 N–H and O–H groups in total. The Balaban J connectivity index is 0.000000589. The number of aromatic amines is 1. The van der Waals surface area contributed by atoms with Crippen molar-refractivity contribution in [2.24, 2.45) is 0 Å². The number of nitrogens with zero attached hydrogens (tertiary/aromatic N) is 4. The Morgan fingerprint density at radius 3 is 2.67 bits per heavy atom. The molecular weight excluding hydrogens is 404 g/mol. The summed E-state index contributed by atoms with van der Waals surface area (Å²) in [5, 5.41) is 10.1. The quantitative estimate of drug-likeness (QED) is 0.479. The zero-order chi connectivity index (χ0) is 21.6. The van der Waals surface area contributed by atoms with E-state index in [1.54, 1.807) is 6.20 Å². The van der Waals surface area contributed by atoms with Crippen LogP contribution in [0, 0.1) is 0 Å². The van der Waals surface area contributed by atoms with Gasteiger partial charge >= 0.3 is 6.29 Å². The third-order valence-corrected chi connectivity index (χ3v) is 4.80. The molecule has 0 spiro atoms. The van der Waals surface area contributed by atoms with Crippen molar-refractivity contribution in [1.82, 2.24) is 25.1 Å². The third-order valence-electron chi connectivity index (χ3n) is 4.80. The van der Waals surface area contributed by atoms with Crippen molar-refractivity contribution in [3.05, 3.63) is 48.4 Å². The first-order valence-corrected chi connectivity index (χ1v) is 9.25. The van der Waals surface area contributed by atoms with Crippen molar-refractivity contribution in [3.8, 4) is 0 Å². The van der Waals surface area contributed by atoms with Crippen LogP contribution in [0.2, 0.25) is 0 Å². The number of likely N-dealkylation sites (tertiary alicyclic amines) is 1. The van der Waals surface area contributed by atoms with Crippen LogP contribution in [0.5, 0.6) is 0 Å². The highest BCUT2D eigenvalue weighted by Crippen LogP contribution is 2.31. The maximum Gasteiger partial charge on any atom is 0.483 e. The second-order valence-electron chi connectivity index (χ2n) is 6.84. The minimum atomic E-state index is -2.84. The first kappa shape index (κ1) is 21.6. The first-order valence-electron chi connectivity index (χ1n) is 9.25. The number of anilines is 1. The average Bonchev–Trinajstić information content (AvgIpc) is 3.18. The van der Waals surface area contributed by atoms with E-state index in [1.165, 1.54) is 11.9 Å². The number of hydrogen-bond acceptors (Lipinski definition) is 6. The minimum Gasteiger partial charge on any atom is -0.360 e. The lowest BCUT2D eigenvalue weighted by Gasteiger charge is -2.38. The number of aromatic nitrogens is 4. The summed E-state index contributed by atoms with van der Waals surface area (Å²) in [4.78, 5) is 18.1. The van der Waals surface area contributed by atoms with Gasteiger partial charge in [-0.2, -0.15) is 5.10 Å². The van der Waals surface area contributed by atoms with Crippen molar-refractivity contribution in [1.29, 1.82) is 0 Å². The molecule has 2 aromatic heterocycles. The molecule has 160 valence electrons. The van der Waals surface area contributed by atoms with Crippen molar-refractivity contribution in [2.45, 2.75) is 24.8 Å². The van der Waals surface area contributed by atoms with Gasteiger partial charge in [0.1, 0.15) is 12.1 Å². The van der Waals surface area contributed by atoms with E-state index in [0.29, 0.717) is 36.4 Å². The van der Waals surface area contributed by atoms with Gasteiger partial charge in [-0.05, 0) is 18.4 Å². The highest BCUT2D eigenvalue weighted by atomic mass is 19.3. The van der Waals surface area contributed by atoms with Crippen LogP contribution in [0.4, 0.5) is 28.2 Å². The van der Waals surface area contributed by atoms with E-state index < -0.39 is 18.3 Å². The molecule has 30 heavy (non-hydrogen) atoms. The van der Waals surface area contributed by atoms with Crippen LogP contribution in [0.3, 0.4) is 0 Å². The Bertz CT molecular complexity index is 964. The lowest BCUT2D eigenvalue weighted by atomic mass is 10.00. The van der Waals surface area contributed by atoms with Gasteiger partial charge in [-0.25, -0.2) is 23.5 Å². The largest absolute Gasteiger partial charge is 0.483 e. The van der Waals surface area contributed by atoms with E-state index in [1.807, 2.05) is 35.2 Å². The zero-order valence-electron chi connectivity index (χ0n) is 15.9. The molecule has 11 heteroatoms. The molecule has 1 aliphatic rings. The lowest BCUT2D eigenvalue weighted by molar-refractivity contribution is -0.0734. The van der Waals surface area contributed by atoms with Crippen molar-refractivity contribution < 1.29 is 22.4 Å². The number of halogens is 4. The van der Waals surface area contributed by atoms with E-state index in [2.05, 4.69) is 25.5 Å². The highest BCUT2D eigenvalue weighted by Gasteiger charge is 2.44. The number of benzene rings is 1. The molecule has 0 amide bonds. The van der Waals surface area contributed by atoms with E-state index in [9.17, 15) is 17.6 Å². The predicted octanol–water partition coefficient (Wildman–Crippen LogP) is 3.76. The summed E-state index contributed by atoms with van der Waals surface area (Å²) in [5.41, 5.74) is 1.70. The van der Waals surface area contributed by atoms with Crippen LogP contribution in [0.1, 0.15) is 12.0 Å². The molecule has 0 bridgehead atoms. The third kappa shape index (κ3) is 5.72. The van der Waals surface area contributed by atoms with Crippen molar-refractivity contribution in [2.75, 3.05) is 25.0 Å². The second kappa shape index (κ2) is 9.61. The van der Waals surface area contributed by atoms with Crippen molar-refractivity contribution in [3.63, 3.8) is 0 Å². The number of H-pyrrole nitrogens is 1. The van der Waals surface area contributed by atoms with Gasteiger partial charge < -0.3 is 5.32 Å². The fraction of sp³-hybridized carbons (Fsp3) is 0.368. The van der Waals surface area contributed by atoms with Gasteiger partial charge in [0.05, 0.1) is 24.2 Å². The average molecular weight is 424 g/mol. The molecule has 3 heterocycles. The number of nitrogens with one attached hydrogen (secondary N) is 2. The maximum atomic E-state index is 14.7. The highest BCUT2D eigenvalue weighted by molar-refractivity contribution is 5.85. The number of alkyl halides is 2. The van der Waals surface area contributed by atoms with Gasteiger partial charge in [0, 0.05) is 13.1 Å². The molecule has 1 atom stereocenters. The van der Waals surface area contributed by atoms with Gasteiger partial charge in [0.2, 0.25) is 0 Å². The Hall–Kier alpha value is -3.08. The summed E-state index contributed by atoms with van der Waals surface area (Å²) in [7, 11) is 0. The smallest absolute Gasteiger partial charge is 0.360 e. The number of piperidine rings is 1. The summed E-state index contributed by atoms with van der Waals surface area (Å²) in [6.07, 6.45) is 1.18. The van der Waals surface area contributed by atoms with E-state index in [4.69, 9.17) is 4.79 Å². The fourth-order valence-corrected chi connectivity index (χ4v) is 3.36. The molecule has 1 aromatic carbocycles. The molecule has 7 nitrogen and oxygen atoms in total. The SMILES string of the molecule is FC1(F)CN(CCc2ccccc2)CCC1Nc1ncnc2[nH]ncc12.O=C(F)F. The Morgan fingerprint density at radius 2 is 1.97 bits per heavy atom. The van der Waals surface area contributed by atoms with Crippen LogP contribution in [0.15, 0.2) is 42.9 Å². The fourth-order valence-electron chi connectivity index (χ4n) is 3.36. The van der Waals surface area contributed by atoms with Crippen LogP contribution in [-0.4, -0.2) is 63.0 Å². The first-order chi connectivity index (χ1) is 14.3. The summed E-state index contributed by atoms with van der Waals surface area (Å²) in [5.74, 6) is -2.44. The van der Waals surface area contributed by atoms with Gasteiger partial charge in [0.15, 0.2) is 5.65 Å². The Kier molecular flexibility index (Phi) is 6.93. The number of rotatable bonds is 5.